The molecule has 0 aliphatic carbocycles. The van der Waals surface area contributed by atoms with Crippen molar-refractivity contribution in [1.29, 1.82) is 5.26 Å². The predicted octanol–water partition coefficient (Wildman–Crippen LogP) is 6.94. The number of amides is 1. The standard InChI is InChI=1S/C28H17BrClN3O6/c1-38-25-13-16(11-18(15-31)27(34)32-24-10-9-19(33(36)37)14-23(24)30)12-22(29)26(25)39-28(35)21-8-4-6-17-5-2-3-7-20(17)21/h2-14H,1H3,(H,32,34)/b18-11+. The average molecular weight is 607 g/mol. The minimum Gasteiger partial charge on any atom is -0.493 e. The lowest BCUT2D eigenvalue weighted by atomic mass is 10.0. The van der Waals surface area contributed by atoms with Crippen LogP contribution in [0.1, 0.15) is 15.9 Å². The minimum atomic E-state index is -0.783. The summed E-state index contributed by atoms with van der Waals surface area (Å²) in [7, 11) is 1.39. The number of ether oxygens (including phenoxy) is 2. The number of nitro groups is 1. The highest BCUT2D eigenvalue weighted by Gasteiger charge is 2.20. The highest BCUT2D eigenvalue weighted by molar-refractivity contribution is 9.10. The molecule has 11 heteroatoms. The summed E-state index contributed by atoms with van der Waals surface area (Å²) in [6, 6.07) is 21.1. The van der Waals surface area contributed by atoms with E-state index in [2.05, 4.69) is 21.2 Å². The van der Waals surface area contributed by atoms with Crippen LogP contribution in [0.25, 0.3) is 16.8 Å². The summed E-state index contributed by atoms with van der Waals surface area (Å²) >= 11 is 9.41. The molecule has 0 saturated heterocycles. The normalized spacial score (nSPS) is 11.0. The number of nitro benzene ring substituents is 1. The molecule has 0 atom stereocenters. The fourth-order valence-electron chi connectivity index (χ4n) is 3.70. The van der Waals surface area contributed by atoms with Gasteiger partial charge < -0.3 is 14.8 Å². The summed E-state index contributed by atoms with van der Waals surface area (Å²) in [6.07, 6.45) is 1.30. The lowest BCUT2D eigenvalue weighted by molar-refractivity contribution is -0.384. The lowest BCUT2D eigenvalue weighted by Gasteiger charge is -2.13. The Bertz CT molecular complexity index is 1710. The Labute approximate surface area is 235 Å². The number of anilines is 1. The fraction of sp³-hybridized carbons (Fsp3) is 0.0357. The van der Waals surface area contributed by atoms with Gasteiger partial charge in [-0.1, -0.05) is 48.0 Å². The lowest BCUT2D eigenvalue weighted by Crippen LogP contribution is -2.14. The number of hydrogen-bond donors (Lipinski definition) is 1. The minimum absolute atomic E-state index is 0.0587. The summed E-state index contributed by atoms with van der Waals surface area (Å²) in [5.74, 6) is -1.07. The van der Waals surface area contributed by atoms with E-state index in [0.717, 1.165) is 16.8 Å². The van der Waals surface area contributed by atoms with E-state index in [1.165, 1.54) is 31.4 Å². The van der Waals surface area contributed by atoms with Crippen molar-refractivity contribution in [3.63, 3.8) is 0 Å². The second kappa shape index (κ2) is 11.8. The van der Waals surface area contributed by atoms with Crippen molar-refractivity contribution in [3.8, 4) is 17.6 Å². The molecule has 1 N–H and O–H groups in total. The summed E-state index contributed by atoms with van der Waals surface area (Å²) < 4.78 is 11.4. The van der Waals surface area contributed by atoms with Crippen molar-refractivity contribution in [2.45, 2.75) is 0 Å². The first kappa shape index (κ1) is 27.3. The molecule has 4 aromatic carbocycles. The molecule has 0 heterocycles. The number of fused-ring (bicyclic) bond motifs is 1. The fourth-order valence-corrected chi connectivity index (χ4v) is 4.46. The maximum Gasteiger partial charge on any atom is 0.344 e. The van der Waals surface area contributed by atoms with Crippen LogP contribution >= 0.6 is 27.5 Å². The average Bonchev–Trinajstić information content (AvgIpc) is 2.93. The molecule has 0 saturated carbocycles. The van der Waals surface area contributed by atoms with E-state index >= 15 is 0 Å². The number of esters is 1. The number of non-ortho nitro benzene ring substituents is 1. The topological polar surface area (TPSA) is 132 Å². The summed E-state index contributed by atoms with van der Waals surface area (Å²) in [5.41, 5.74) is 0.346. The third-order valence-corrected chi connectivity index (χ3v) is 6.45. The maximum atomic E-state index is 13.1. The molecule has 0 unspecified atom stereocenters. The molecule has 0 aromatic heterocycles. The number of hydrogen-bond acceptors (Lipinski definition) is 7. The van der Waals surface area contributed by atoms with Crippen LogP contribution in [0.15, 0.2) is 82.8 Å². The molecular weight excluding hydrogens is 590 g/mol. The van der Waals surface area contributed by atoms with Gasteiger partial charge in [0.2, 0.25) is 0 Å². The smallest absolute Gasteiger partial charge is 0.344 e. The molecule has 0 aliphatic rings. The molecule has 194 valence electrons. The van der Waals surface area contributed by atoms with Gasteiger partial charge in [-0.2, -0.15) is 5.26 Å². The number of nitrogens with zero attached hydrogens (tertiary/aromatic N) is 2. The Morgan fingerprint density at radius 3 is 2.54 bits per heavy atom. The summed E-state index contributed by atoms with van der Waals surface area (Å²) in [5, 5.41) is 24.5. The van der Waals surface area contributed by atoms with Gasteiger partial charge in [0, 0.05) is 12.1 Å². The molecule has 0 bridgehead atoms. The molecule has 0 radical (unpaired) electrons. The highest BCUT2D eigenvalue weighted by atomic mass is 79.9. The van der Waals surface area contributed by atoms with Crippen molar-refractivity contribution in [2.24, 2.45) is 0 Å². The third-order valence-electron chi connectivity index (χ3n) is 5.54. The van der Waals surface area contributed by atoms with E-state index in [0.29, 0.717) is 15.6 Å². The molecule has 0 fully saturated rings. The van der Waals surface area contributed by atoms with E-state index in [1.54, 1.807) is 18.2 Å². The van der Waals surface area contributed by atoms with Gasteiger partial charge >= 0.3 is 5.97 Å². The van der Waals surface area contributed by atoms with Crippen LogP contribution < -0.4 is 14.8 Å². The van der Waals surface area contributed by atoms with Gasteiger partial charge in [0.05, 0.1) is 32.8 Å². The van der Waals surface area contributed by atoms with Gasteiger partial charge in [-0.25, -0.2) is 4.79 Å². The van der Waals surface area contributed by atoms with E-state index < -0.39 is 16.8 Å². The number of nitriles is 1. The quantitative estimate of drug-likeness (QED) is 0.0602. The van der Waals surface area contributed by atoms with Crippen LogP contribution in [0.2, 0.25) is 5.02 Å². The highest BCUT2D eigenvalue weighted by Crippen LogP contribution is 2.38. The van der Waals surface area contributed by atoms with Gasteiger partial charge in [0.1, 0.15) is 11.6 Å². The molecule has 0 aliphatic heterocycles. The van der Waals surface area contributed by atoms with Crippen LogP contribution in [0.4, 0.5) is 11.4 Å². The second-order valence-corrected chi connectivity index (χ2v) is 9.26. The summed E-state index contributed by atoms with van der Waals surface area (Å²) in [6.45, 7) is 0. The number of nitrogens with one attached hydrogen (secondary N) is 1. The number of methoxy groups -OCH3 is 1. The zero-order valence-electron chi connectivity index (χ0n) is 20.1. The first-order valence-corrected chi connectivity index (χ1v) is 12.3. The largest absolute Gasteiger partial charge is 0.493 e. The van der Waals surface area contributed by atoms with Crippen molar-refractivity contribution < 1.29 is 24.0 Å². The van der Waals surface area contributed by atoms with Crippen molar-refractivity contribution in [1.82, 2.24) is 0 Å². The number of carbonyl (C=O) groups is 2. The van der Waals surface area contributed by atoms with Gasteiger partial charge in [-0.05, 0) is 62.6 Å². The number of rotatable bonds is 7. The van der Waals surface area contributed by atoms with Crippen molar-refractivity contribution in [3.05, 3.63) is 109 Å². The molecule has 0 spiro atoms. The molecular formula is C28H17BrClN3O6. The monoisotopic (exact) mass is 605 g/mol. The molecule has 4 aromatic rings. The predicted molar refractivity (Wildman–Crippen MR) is 150 cm³/mol. The summed E-state index contributed by atoms with van der Waals surface area (Å²) in [4.78, 5) is 36.1. The SMILES string of the molecule is COc1cc(/C=C(\C#N)C(=O)Nc2ccc([N+](=O)[O-])cc2Cl)cc(Br)c1OC(=O)c1cccc2ccccc12. The molecule has 39 heavy (non-hydrogen) atoms. The van der Waals surface area contributed by atoms with Crippen molar-refractivity contribution >= 4 is 67.6 Å². The van der Waals surface area contributed by atoms with Crippen LogP contribution in [0.3, 0.4) is 0 Å². The van der Waals surface area contributed by atoms with E-state index in [4.69, 9.17) is 21.1 Å². The van der Waals surface area contributed by atoms with E-state index in [-0.39, 0.29) is 33.5 Å². The van der Waals surface area contributed by atoms with Gasteiger partial charge in [-0.3, -0.25) is 14.9 Å². The second-order valence-electron chi connectivity index (χ2n) is 8.00. The number of halogens is 2. The molecule has 1 amide bonds. The number of benzene rings is 4. The van der Waals surface area contributed by atoms with E-state index in [1.807, 2.05) is 36.4 Å². The van der Waals surface area contributed by atoms with Crippen LogP contribution in [-0.2, 0) is 4.79 Å². The van der Waals surface area contributed by atoms with Crippen molar-refractivity contribution in [2.75, 3.05) is 12.4 Å². The van der Waals surface area contributed by atoms with Gasteiger partial charge in [-0.15, -0.1) is 0 Å². The Kier molecular flexibility index (Phi) is 8.24. The Morgan fingerprint density at radius 1 is 1.10 bits per heavy atom. The van der Waals surface area contributed by atoms with Crippen LogP contribution in [0, 0.1) is 21.4 Å². The van der Waals surface area contributed by atoms with Gasteiger partial charge in [0.25, 0.3) is 11.6 Å². The Morgan fingerprint density at radius 2 is 1.85 bits per heavy atom. The Balaban J connectivity index is 1.60. The zero-order valence-corrected chi connectivity index (χ0v) is 22.4. The Hall–Kier alpha value is -4.72. The van der Waals surface area contributed by atoms with Gasteiger partial charge in [0.15, 0.2) is 11.5 Å². The first-order chi connectivity index (χ1) is 18.7. The van der Waals surface area contributed by atoms with E-state index in [9.17, 15) is 25.0 Å². The van der Waals surface area contributed by atoms with Crippen LogP contribution in [0.5, 0.6) is 11.5 Å². The third kappa shape index (κ3) is 6.06. The molecule has 9 nitrogen and oxygen atoms in total. The molecule has 4 rings (SSSR count). The van der Waals surface area contributed by atoms with Crippen LogP contribution in [-0.4, -0.2) is 23.9 Å². The first-order valence-electron chi connectivity index (χ1n) is 11.2. The maximum absolute atomic E-state index is 13.1. The number of carbonyl (C=O) groups excluding carboxylic acids is 2. The zero-order chi connectivity index (χ0) is 28.1.